The zero-order valence-corrected chi connectivity index (χ0v) is 10.2. The van der Waals surface area contributed by atoms with Crippen LogP contribution in [0.15, 0.2) is 0 Å². The summed E-state index contributed by atoms with van der Waals surface area (Å²) >= 11 is 0. The fourth-order valence-electron chi connectivity index (χ4n) is 1.14. The van der Waals surface area contributed by atoms with Gasteiger partial charge in [0.05, 0.1) is 6.04 Å². The number of nitrogens with one attached hydrogen (secondary N) is 2. The van der Waals surface area contributed by atoms with E-state index in [9.17, 15) is 14.4 Å². The summed E-state index contributed by atoms with van der Waals surface area (Å²) in [5.41, 5.74) is 0. The lowest BCUT2D eigenvalue weighted by molar-refractivity contribution is -0.130. The highest BCUT2D eigenvalue weighted by Crippen LogP contribution is 2.02. The Balaban J connectivity index is 4.55. The molecule has 0 saturated carbocycles. The van der Waals surface area contributed by atoms with Crippen LogP contribution < -0.4 is 10.6 Å². The van der Waals surface area contributed by atoms with Gasteiger partial charge in [0.15, 0.2) is 0 Å². The third-order valence-corrected chi connectivity index (χ3v) is 2.12. The van der Waals surface area contributed by atoms with Gasteiger partial charge in [-0.2, -0.15) is 0 Å². The fourth-order valence-corrected chi connectivity index (χ4v) is 1.14. The molecule has 5 nitrogen and oxygen atoms in total. The number of carbonyl (C=O) groups excluding carboxylic acids is 3. The molecule has 0 unspecified atom stereocenters. The summed E-state index contributed by atoms with van der Waals surface area (Å²) in [6, 6.07) is -1.54. The van der Waals surface area contributed by atoms with E-state index in [2.05, 4.69) is 10.6 Å². The van der Waals surface area contributed by atoms with Crippen LogP contribution in [-0.4, -0.2) is 30.2 Å². The van der Waals surface area contributed by atoms with E-state index in [1.54, 1.807) is 20.8 Å². The molecule has 0 heterocycles. The van der Waals surface area contributed by atoms with Crippen molar-refractivity contribution >= 4 is 18.1 Å². The van der Waals surface area contributed by atoms with E-state index in [4.69, 9.17) is 1.37 Å². The molecule has 0 radical (unpaired) electrons. The molecule has 0 aromatic carbocycles. The van der Waals surface area contributed by atoms with Crippen molar-refractivity contribution in [3.63, 3.8) is 0 Å². The zero-order chi connectivity index (χ0) is 13.6. The summed E-state index contributed by atoms with van der Waals surface area (Å²) in [5.74, 6) is -0.739. The second-order valence-electron chi connectivity index (χ2n) is 3.99. The molecule has 2 N–H and O–H groups in total. The first-order chi connectivity index (χ1) is 7.79. The van der Waals surface area contributed by atoms with Crippen LogP contribution in [-0.2, 0) is 14.4 Å². The maximum atomic E-state index is 11.8. The molecular formula is C11H20N2O3. The maximum Gasteiger partial charge on any atom is 0.243 e. The highest BCUT2D eigenvalue weighted by molar-refractivity contribution is 5.89. The number of hydrogen-bond acceptors (Lipinski definition) is 3. The van der Waals surface area contributed by atoms with Crippen LogP contribution in [0, 0.1) is 5.92 Å². The van der Waals surface area contributed by atoms with Gasteiger partial charge in [-0.1, -0.05) is 20.8 Å². The van der Waals surface area contributed by atoms with E-state index < -0.39 is 24.3 Å². The third kappa shape index (κ3) is 4.91. The molecule has 0 bridgehead atoms. The van der Waals surface area contributed by atoms with Gasteiger partial charge in [-0.15, -0.1) is 0 Å². The van der Waals surface area contributed by atoms with E-state index in [0.29, 0.717) is 6.42 Å². The van der Waals surface area contributed by atoms with Crippen molar-refractivity contribution < 1.29 is 15.8 Å². The van der Waals surface area contributed by atoms with Crippen LogP contribution in [0.4, 0.5) is 0 Å². The number of carbonyl (C=O) groups is 3. The molecule has 0 aromatic rings. The van der Waals surface area contributed by atoms with Gasteiger partial charge in [0, 0.05) is 6.42 Å². The van der Waals surface area contributed by atoms with Crippen molar-refractivity contribution in [1.82, 2.24) is 10.6 Å². The number of aldehydes is 1. The molecule has 0 aromatic heterocycles. The van der Waals surface area contributed by atoms with E-state index >= 15 is 0 Å². The maximum absolute atomic E-state index is 11.8. The first kappa shape index (κ1) is 12.7. The Bertz CT molecular complexity index is 305. The minimum Gasteiger partial charge on any atom is -0.345 e. The Morgan fingerprint density at radius 1 is 1.31 bits per heavy atom. The van der Waals surface area contributed by atoms with Crippen LogP contribution in [0.3, 0.4) is 0 Å². The fraction of sp³-hybridized carbons (Fsp3) is 0.727. The number of hydrogen-bond donors (Lipinski definition) is 2. The molecule has 0 spiro atoms. The summed E-state index contributed by atoms with van der Waals surface area (Å²) in [5, 5.41) is 4.99. The minimum atomic E-state index is -0.859. The van der Waals surface area contributed by atoms with Crippen LogP contribution in [0.2, 0.25) is 0 Å². The summed E-state index contributed by atoms with van der Waals surface area (Å²) in [6.45, 7) is 6.73. The van der Waals surface area contributed by atoms with Gasteiger partial charge in [-0.3, -0.25) is 9.59 Å². The smallest absolute Gasteiger partial charge is 0.243 e. The van der Waals surface area contributed by atoms with Gasteiger partial charge in [-0.05, 0) is 12.8 Å². The summed E-state index contributed by atoms with van der Waals surface area (Å²) < 4.78 is 6.86. The van der Waals surface area contributed by atoms with Gasteiger partial charge in [0.1, 0.15) is 13.7 Å². The minimum absolute atomic E-state index is 0.0847. The molecule has 0 fully saturated rings. The predicted molar refractivity (Wildman–Crippen MR) is 60.7 cm³/mol. The molecule has 92 valence electrons. The molecule has 2 amide bonds. The Kier molecular flexibility index (Phi) is 5.53. The normalized spacial score (nSPS) is 14.9. The molecule has 0 aliphatic carbocycles. The first-order valence-electron chi connectivity index (χ1n) is 5.89. The standard InChI is InChI=1S/C11H20N2O3/c1-5-9(15)13-10(7(2)3)11(16)12-8(4)6-14/h6-8,10H,5H2,1-4H3,(H,12,16)(H,13,15)/t8-,10-/m0/s1/i6D. The van der Waals surface area contributed by atoms with E-state index in [1.807, 2.05) is 0 Å². The van der Waals surface area contributed by atoms with E-state index in [0.717, 1.165) is 0 Å². The van der Waals surface area contributed by atoms with Crippen molar-refractivity contribution in [3.8, 4) is 0 Å². The predicted octanol–water partition coefficient (Wildman–Crippen LogP) is 0.241. The van der Waals surface area contributed by atoms with Crippen molar-refractivity contribution in [2.24, 2.45) is 5.92 Å². The highest BCUT2D eigenvalue weighted by atomic mass is 16.2. The summed E-state index contributed by atoms with van der Waals surface area (Å²) in [6.07, 6.45) is -0.564. The average Bonchev–Trinajstić information content (AvgIpc) is 2.24. The summed E-state index contributed by atoms with van der Waals surface area (Å²) in [7, 11) is 0. The highest BCUT2D eigenvalue weighted by Gasteiger charge is 2.24. The molecular weight excluding hydrogens is 208 g/mol. The second kappa shape index (κ2) is 6.98. The quantitative estimate of drug-likeness (QED) is 0.641. The van der Waals surface area contributed by atoms with Gasteiger partial charge in [0.25, 0.3) is 0 Å². The molecule has 5 heteroatoms. The summed E-state index contributed by atoms with van der Waals surface area (Å²) in [4.78, 5) is 33.8. The molecule has 16 heavy (non-hydrogen) atoms. The van der Waals surface area contributed by atoms with Crippen molar-refractivity contribution in [2.45, 2.75) is 46.2 Å². The number of rotatable bonds is 6. The van der Waals surface area contributed by atoms with E-state index in [1.165, 1.54) is 6.92 Å². The Morgan fingerprint density at radius 2 is 1.88 bits per heavy atom. The zero-order valence-electron chi connectivity index (χ0n) is 11.2. The second-order valence-corrected chi connectivity index (χ2v) is 3.99. The Morgan fingerprint density at radius 3 is 2.25 bits per heavy atom. The Labute approximate surface area is 97.4 Å². The van der Waals surface area contributed by atoms with Crippen molar-refractivity contribution in [3.05, 3.63) is 0 Å². The van der Waals surface area contributed by atoms with Gasteiger partial charge >= 0.3 is 0 Å². The largest absolute Gasteiger partial charge is 0.345 e. The average molecular weight is 229 g/mol. The molecule has 2 atom stereocenters. The monoisotopic (exact) mass is 229 g/mol. The SMILES string of the molecule is [2H]C(=O)[C@H](C)NC(=O)[C@@H](NC(=O)CC)C(C)C. The molecule has 0 aliphatic heterocycles. The van der Waals surface area contributed by atoms with Gasteiger partial charge in [-0.25, -0.2) is 0 Å². The molecule has 0 aliphatic rings. The van der Waals surface area contributed by atoms with Gasteiger partial charge < -0.3 is 15.4 Å². The topological polar surface area (TPSA) is 75.3 Å². The van der Waals surface area contributed by atoms with E-state index in [-0.39, 0.29) is 11.8 Å². The number of amides is 2. The third-order valence-electron chi connectivity index (χ3n) is 2.12. The molecule has 0 saturated heterocycles. The van der Waals surface area contributed by atoms with Crippen molar-refractivity contribution in [1.29, 1.82) is 0 Å². The lowest BCUT2D eigenvalue weighted by Crippen LogP contribution is -2.51. The van der Waals surface area contributed by atoms with Crippen LogP contribution in [0.1, 0.15) is 35.5 Å². The first-order valence-corrected chi connectivity index (χ1v) is 5.39. The Hall–Kier alpha value is -1.39. The lowest BCUT2D eigenvalue weighted by Gasteiger charge is -2.22. The van der Waals surface area contributed by atoms with Crippen LogP contribution in [0.25, 0.3) is 0 Å². The van der Waals surface area contributed by atoms with Crippen LogP contribution in [0.5, 0.6) is 0 Å². The van der Waals surface area contributed by atoms with Crippen LogP contribution >= 0.6 is 0 Å². The van der Waals surface area contributed by atoms with Crippen molar-refractivity contribution in [2.75, 3.05) is 0 Å². The molecule has 0 rings (SSSR count). The van der Waals surface area contributed by atoms with Gasteiger partial charge in [0.2, 0.25) is 11.8 Å². The lowest BCUT2D eigenvalue weighted by atomic mass is 10.0.